The fraction of sp³-hybridized carbons (Fsp3) is 0.304. The highest BCUT2D eigenvalue weighted by Crippen LogP contribution is 2.43. The molecule has 1 aliphatic heterocycles. The van der Waals surface area contributed by atoms with E-state index in [-0.39, 0.29) is 0 Å². The molecule has 0 spiro atoms. The molecule has 0 saturated heterocycles. The largest absolute Gasteiger partial charge is 0.334 e. The van der Waals surface area contributed by atoms with Gasteiger partial charge in [0.2, 0.25) is 0 Å². The van der Waals surface area contributed by atoms with Crippen molar-refractivity contribution in [1.82, 2.24) is 0 Å². The first-order chi connectivity index (χ1) is 12.2. The summed E-state index contributed by atoms with van der Waals surface area (Å²) in [5, 5.41) is 0. The third-order valence-electron chi connectivity index (χ3n) is 5.59. The minimum Gasteiger partial charge on any atom is -0.334 e. The van der Waals surface area contributed by atoms with Crippen molar-refractivity contribution in [2.75, 3.05) is 4.90 Å². The Morgan fingerprint density at radius 2 is 1.64 bits per heavy atom. The summed E-state index contributed by atoms with van der Waals surface area (Å²) in [6.45, 7) is 2.36. The molecule has 2 aromatic rings. The van der Waals surface area contributed by atoms with Crippen LogP contribution in [0.5, 0.6) is 0 Å². The second-order valence-corrected chi connectivity index (χ2v) is 7.24. The zero-order chi connectivity index (χ0) is 17.2. The molecule has 0 N–H and O–H groups in total. The Labute approximate surface area is 152 Å². The van der Waals surface area contributed by atoms with E-state index in [2.05, 4.69) is 78.6 Å². The van der Waals surface area contributed by atoms with Crippen molar-refractivity contribution in [3.63, 3.8) is 0 Å². The molecule has 1 heterocycles. The van der Waals surface area contributed by atoms with Crippen molar-refractivity contribution in [2.45, 2.75) is 44.6 Å². The molecule has 1 nitrogen and oxygen atoms in total. The molecule has 0 fully saturated rings. The highest BCUT2D eigenvalue weighted by atomic mass is 15.2. The summed E-state index contributed by atoms with van der Waals surface area (Å²) in [6.07, 6.45) is 8.78. The minimum absolute atomic E-state index is 0.401. The maximum atomic E-state index is 6.00. The van der Waals surface area contributed by atoms with Gasteiger partial charge < -0.3 is 4.90 Å². The van der Waals surface area contributed by atoms with Crippen molar-refractivity contribution in [3.8, 4) is 0 Å². The summed E-state index contributed by atoms with van der Waals surface area (Å²) < 4.78 is 0. The number of hydrogen-bond acceptors (Lipinski definition) is 1. The van der Waals surface area contributed by atoms with E-state index < -0.39 is 0 Å². The monoisotopic (exact) mass is 325 g/mol. The lowest BCUT2D eigenvalue weighted by molar-refractivity contribution is 0.585. The van der Waals surface area contributed by atoms with Gasteiger partial charge in [-0.1, -0.05) is 55.5 Å². The van der Waals surface area contributed by atoms with Gasteiger partial charge in [-0.15, -0.1) is 5.47 Å². The SMILES string of the molecule is [B]C1=CC=C(C2CCC(C)c3ccccc3N2c2ccccc2)CC1. The van der Waals surface area contributed by atoms with E-state index in [4.69, 9.17) is 7.85 Å². The fourth-order valence-electron chi connectivity index (χ4n) is 4.19. The van der Waals surface area contributed by atoms with E-state index in [0.29, 0.717) is 12.0 Å². The van der Waals surface area contributed by atoms with E-state index in [1.807, 2.05) is 0 Å². The van der Waals surface area contributed by atoms with Crippen LogP contribution >= 0.6 is 0 Å². The average molecular weight is 325 g/mol. The predicted octanol–water partition coefficient (Wildman–Crippen LogP) is 5.86. The maximum Gasteiger partial charge on any atom is 0.107 e. The Morgan fingerprint density at radius 3 is 2.40 bits per heavy atom. The number of nitrogens with zero attached hydrogens (tertiary/aromatic N) is 1. The summed E-state index contributed by atoms with van der Waals surface area (Å²) in [7, 11) is 6.00. The Balaban J connectivity index is 1.85. The van der Waals surface area contributed by atoms with Gasteiger partial charge in [-0.2, -0.15) is 0 Å². The predicted molar refractivity (Wildman–Crippen MR) is 108 cm³/mol. The van der Waals surface area contributed by atoms with E-state index in [9.17, 15) is 0 Å². The number of anilines is 2. The second kappa shape index (κ2) is 6.96. The lowest BCUT2D eigenvalue weighted by Gasteiger charge is -2.36. The Morgan fingerprint density at radius 1 is 0.880 bits per heavy atom. The fourth-order valence-corrected chi connectivity index (χ4v) is 4.19. The molecular formula is C23H24BN. The van der Waals surface area contributed by atoms with E-state index >= 15 is 0 Å². The number of hydrogen-bond donors (Lipinski definition) is 0. The topological polar surface area (TPSA) is 3.24 Å². The van der Waals surface area contributed by atoms with Crippen LogP contribution in [0.3, 0.4) is 0 Å². The van der Waals surface area contributed by atoms with E-state index in [1.165, 1.54) is 35.4 Å². The quantitative estimate of drug-likeness (QED) is 0.625. The molecule has 2 aliphatic rings. The first-order valence-corrected chi connectivity index (χ1v) is 9.32. The molecule has 4 rings (SSSR count). The smallest absolute Gasteiger partial charge is 0.107 e. The number of benzene rings is 2. The zero-order valence-corrected chi connectivity index (χ0v) is 14.9. The summed E-state index contributed by atoms with van der Waals surface area (Å²) in [5.74, 6) is 0.581. The Bertz CT molecular complexity index is 806. The third-order valence-corrected chi connectivity index (χ3v) is 5.59. The number of rotatable bonds is 2. The van der Waals surface area contributed by atoms with E-state index in [1.54, 1.807) is 0 Å². The molecule has 2 atom stereocenters. The molecule has 0 bridgehead atoms. The average Bonchev–Trinajstić information content (AvgIpc) is 2.80. The Kier molecular flexibility index (Phi) is 4.52. The summed E-state index contributed by atoms with van der Waals surface area (Å²) in [4.78, 5) is 2.56. The standard InChI is InChI=1S/C23H24BN/c1-17-11-16-22(18-12-14-19(24)15-13-18)25(20-7-3-2-4-8-20)23-10-6-5-9-21(17)23/h2-10,12,14,17,22H,11,13,15-16H2,1H3. The van der Waals surface area contributed by atoms with Gasteiger partial charge in [-0.3, -0.25) is 0 Å². The van der Waals surface area contributed by atoms with E-state index in [0.717, 1.165) is 18.3 Å². The van der Waals surface area contributed by atoms with Gasteiger partial charge in [-0.05, 0) is 60.9 Å². The van der Waals surface area contributed by atoms with Gasteiger partial charge in [0, 0.05) is 11.4 Å². The number of para-hydroxylation sites is 2. The van der Waals surface area contributed by atoms with Crippen LogP contribution in [-0.2, 0) is 0 Å². The van der Waals surface area contributed by atoms with Gasteiger partial charge in [0.15, 0.2) is 0 Å². The third kappa shape index (κ3) is 3.18. The van der Waals surface area contributed by atoms with Crippen LogP contribution in [0.1, 0.15) is 44.1 Å². The molecule has 2 radical (unpaired) electrons. The van der Waals surface area contributed by atoms with Crippen molar-refractivity contribution in [2.24, 2.45) is 0 Å². The molecule has 2 unspecified atom stereocenters. The summed E-state index contributed by atoms with van der Waals surface area (Å²) in [6, 6.07) is 20.1. The number of allylic oxidation sites excluding steroid dienone is 3. The lowest BCUT2D eigenvalue weighted by Crippen LogP contribution is -2.33. The lowest BCUT2D eigenvalue weighted by atomic mass is 9.82. The molecule has 124 valence electrons. The molecule has 25 heavy (non-hydrogen) atoms. The molecule has 2 heteroatoms. The van der Waals surface area contributed by atoms with Crippen LogP contribution in [-0.4, -0.2) is 13.9 Å². The summed E-state index contributed by atoms with van der Waals surface area (Å²) in [5.41, 5.74) is 6.59. The molecular weight excluding hydrogens is 301 g/mol. The van der Waals surface area contributed by atoms with Gasteiger partial charge in [0.1, 0.15) is 7.85 Å². The second-order valence-electron chi connectivity index (χ2n) is 7.24. The normalized spacial score (nSPS) is 23.3. The maximum absolute atomic E-state index is 6.00. The summed E-state index contributed by atoms with van der Waals surface area (Å²) >= 11 is 0. The van der Waals surface area contributed by atoms with Gasteiger partial charge in [0.25, 0.3) is 0 Å². The van der Waals surface area contributed by atoms with Crippen molar-refractivity contribution >= 4 is 19.2 Å². The van der Waals surface area contributed by atoms with Crippen molar-refractivity contribution in [1.29, 1.82) is 0 Å². The van der Waals surface area contributed by atoms with Crippen LogP contribution in [0.15, 0.2) is 77.8 Å². The molecule has 0 aromatic heterocycles. The van der Waals surface area contributed by atoms with Gasteiger partial charge in [-0.25, -0.2) is 0 Å². The minimum atomic E-state index is 0.401. The molecule has 1 aliphatic carbocycles. The van der Waals surface area contributed by atoms with Crippen LogP contribution < -0.4 is 4.90 Å². The molecule has 2 aromatic carbocycles. The molecule has 0 saturated carbocycles. The highest BCUT2D eigenvalue weighted by molar-refractivity contribution is 6.21. The van der Waals surface area contributed by atoms with Crippen LogP contribution in [0.2, 0.25) is 0 Å². The van der Waals surface area contributed by atoms with Crippen molar-refractivity contribution < 1.29 is 0 Å². The first kappa shape index (κ1) is 16.3. The Hall–Kier alpha value is -2.22. The van der Waals surface area contributed by atoms with Gasteiger partial charge in [0.05, 0.1) is 6.04 Å². The van der Waals surface area contributed by atoms with Crippen molar-refractivity contribution in [3.05, 3.63) is 83.4 Å². The molecule has 0 amide bonds. The van der Waals surface area contributed by atoms with Gasteiger partial charge >= 0.3 is 0 Å². The van der Waals surface area contributed by atoms with Crippen LogP contribution in [0.25, 0.3) is 0 Å². The van der Waals surface area contributed by atoms with Crippen LogP contribution in [0, 0.1) is 0 Å². The van der Waals surface area contributed by atoms with Crippen LogP contribution in [0.4, 0.5) is 11.4 Å². The zero-order valence-electron chi connectivity index (χ0n) is 14.9. The highest BCUT2D eigenvalue weighted by Gasteiger charge is 2.30. The first-order valence-electron chi connectivity index (χ1n) is 9.32. The number of fused-ring (bicyclic) bond motifs is 1.